The molecule has 1 heterocycles. The van der Waals surface area contributed by atoms with Crippen LogP contribution in [0.15, 0.2) is 0 Å². The van der Waals surface area contributed by atoms with Crippen molar-refractivity contribution in [2.45, 2.75) is 6.92 Å². The summed E-state index contributed by atoms with van der Waals surface area (Å²) in [5, 5.41) is 8.48. The second kappa shape index (κ2) is 4.79. The summed E-state index contributed by atoms with van der Waals surface area (Å²) in [6, 6.07) is 0. The zero-order valence-electron chi connectivity index (χ0n) is 8.92. The maximum absolute atomic E-state index is 11.5. The average molecular weight is 250 g/mol. The lowest BCUT2D eigenvalue weighted by molar-refractivity contribution is -0.156. The van der Waals surface area contributed by atoms with E-state index in [1.165, 1.54) is 4.31 Å². The minimum absolute atomic E-state index is 0.0138. The molecule has 0 spiro atoms. The van der Waals surface area contributed by atoms with Crippen molar-refractivity contribution < 1.29 is 23.1 Å². The molecule has 0 bridgehead atoms. The zero-order chi connectivity index (χ0) is 12.3. The highest BCUT2D eigenvalue weighted by Gasteiger charge is 2.29. The first-order valence-electron chi connectivity index (χ1n) is 4.88. The average Bonchev–Trinajstić information content (AvgIpc) is 2.28. The van der Waals surface area contributed by atoms with E-state index in [2.05, 4.69) is 0 Å². The van der Waals surface area contributed by atoms with Crippen LogP contribution in [0.4, 0.5) is 0 Å². The predicted molar refractivity (Wildman–Crippen MR) is 55.2 cm³/mol. The van der Waals surface area contributed by atoms with Gasteiger partial charge in [0.05, 0.1) is 5.75 Å². The molecule has 92 valence electrons. The lowest BCUT2D eigenvalue weighted by Crippen LogP contribution is -2.52. The highest BCUT2D eigenvalue weighted by molar-refractivity contribution is 7.89. The number of hydrogen-bond acceptors (Lipinski definition) is 4. The Kier molecular flexibility index (Phi) is 3.87. The standard InChI is InChI=1S/C8H14N2O5S/c1-2-16(14,15)10-5-3-9(4-6-10)7(11)8(12)13/h2-6H2,1H3,(H,12,13). The first-order chi connectivity index (χ1) is 7.38. The molecule has 0 radical (unpaired) electrons. The van der Waals surface area contributed by atoms with Gasteiger partial charge in [0.1, 0.15) is 0 Å². The largest absolute Gasteiger partial charge is 0.474 e. The van der Waals surface area contributed by atoms with Crippen LogP contribution in [0.2, 0.25) is 0 Å². The molecule has 0 unspecified atom stereocenters. The Bertz CT molecular complexity index is 383. The molecule has 0 aromatic carbocycles. The first kappa shape index (κ1) is 12.9. The number of sulfonamides is 1. The molecule has 1 aliphatic rings. The Morgan fingerprint density at radius 1 is 1.19 bits per heavy atom. The maximum Gasteiger partial charge on any atom is 0.394 e. The number of aliphatic carboxylic acids is 1. The molecule has 1 saturated heterocycles. The van der Waals surface area contributed by atoms with E-state index in [0.29, 0.717) is 0 Å². The molecule has 0 atom stereocenters. The number of carboxylic acid groups (broad SMARTS) is 1. The van der Waals surface area contributed by atoms with Crippen molar-refractivity contribution in [3.8, 4) is 0 Å². The molecular formula is C8H14N2O5S. The van der Waals surface area contributed by atoms with Crippen LogP contribution in [0.1, 0.15) is 6.92 Å². The highest BCUT2D eigenvalue weighted by atomic mass is 32.2. The SMILES string of the molecule is CCS(=O)(=O)N1CCN(C(=O)C(=O)O)CC1. The minimum Gasteiger partial charge on any atom is -0.474 e. The summed E-state index contributed by atoms with van der Waals surface area (Å²) in [5.74, 6) is -2.47. The molecule has 8 heteroatoms. The van der Waals surface area contributed by atoms with Crippen molar-refractivity contribution in [2.75, 3.05) is 31.9 Å². The van der Waals surface area contributed by atoms with Crippen molar-refractivity contribution in [3.05, 3.63) is 0 Å². The molecule has 16 heavy (non-hydrogen) atoms. The summed E-state index contributed by atoms with van der Waals surface area (Å²) in [7, 11) is -3.24. The second-order valence-electron chi connectivity index (χ2n) is 3.40. The minimum atomic E-state index is -3.24. The zero-order valence-corrected chi connectivity index (χ0v) is 9.73. The quantitative estimate of drug-likeness (QED) is 0.606. The van der Waals surface area contributed by atoms with Gasteiger partial charge in [0.2, 0.25) is 10.0 Å². The fraction of sp³-hybridized carbons (Fsp3) is 0.750. The van der Waals surface area contributed by atoms with Gasteiger partial charge in [-0.05, 0) is 6.92 Å². The second-order valence-corrected chi connectivity index (χ2v) is 5.65. The van der Waals surface area contributed by atoms with Gasteiger partial charge in [0.15, 0.2) is 0 Å². The molecule has 1 amide bonds. The molecule has 1 rings (SSSR count). The van der Waals surface area contributed by atoms with Gasteiger partial charge in [0.25, 0.3) is 0 Å². The monoisotopic (exact) mass is 250 g/mol. The number of rotatable bonds is 2. The van der Waals surface area contributed by atoms with E-state index in [9.17, 15) is 18.0 Å². The van der Waals surface area contributed by atoms with Crippen LogP contribution in [0.25, 0.3) is 0 Å². The Hall–Kier alpha value is -1.15. The number of carboxylic acids is 1. The van der Waals surface area contributed by atoms with E-state index in [4.69, 9.17) is 5.11 Å². The molecule has 1 N–H and O–H groups in total. The predicted octanol–water partition coefficient (Wildman–Crippen LogP) is -1.44. The normalized spacial score (nSPS) is 18.4. The van der Waals surface area contributed by atoms with E-state index in [1.807, 2.05) is 0 Å². The molecule has 0 aliphatic carbocycles. The molecule has 0 aromatic rings. The smallest absolute Gasteiger partial charge is 0.394 e. The maximum atomic E-state index is 11.5. The van der Waals surface area contributed by atoms with E-state index >= 15 is 0 Å². The molecule has 0 aromatic heterocycles. The van der Waals surface area contributed by atoms with Gasteiger partial charge in [-0.15, -0.1) is 0 Å². The molecule has 1 aliphatic heterocycles. The van der Waals surface area contributed by atoms with Gasteiger partial charge in [-0.25, -0.2) is 13.2 Å². The Labute approximate surface area is 93.7 Å². The Morgan fingerprint density at radius 3 is 2.06 bits per heavy atom. The Balaban J connectivity index is 2.59. The van der Waals surface area contributed by atoms with E-state index in [1.54, 1.807) is 6.92 Å². The lowest BCUT2D eigenvalue weighted by atomic mass is 10.3. The molecule has 1 fully saturated rings. The molecular weight excluding hydrogens is 236 g/mol. The van der Waals surface area contributed by atoms with Crippen LogP contribution >= 0.6 is 0 Å². The van der Waals surface area contributed by atoms with Crippen LogP contribution in [-0.4, -0.2) is 66.5 Å². The van der Waals surface area contributed by atoms with Crippen molar-refractivity contribution in [1.82, 2.24) is 9.21 Å². The van der Waals surface area contributed by atoms with Gasteiger partial charge >= 0.3 is 11.9 Å². The van der Waals surface area contributed by atoms with E-state index < -0.39 is 21.9 Å². The van der Waals surface area contributed by atoms with Crippen molar-refractivity contribution in [1.29, 1.82) is 0 Å². The van der Waals surface area contributed by atoms with Gasteiger partial charge in [0, 0.05) is 26.2 Å². The first-order valence-corrected chi connectivity index (χ1v) is 6.49. The van der Waals surface area contributed by atoms with Gasteiger partial charge in [-0.1, -0.05) is 0 Å². The fourth-order valence-electron chi connectivity index (χ4n) is 1.49. The van der Waals surface area contributed by atoms with E-state index in [0.717, 1.165) is 4.90 Å². The lowest BCUT2D eigenvalue weighted by Gasteiger charge is -2.32. The summed E-state index contributed by atoms with van der Waals surface area (Å²) < 4.78 is 24.2. The van der Waals surface area contributed by atoms with Gasteiger partial charge < -0.3 is 10.0 Å². The van der Waals surface area contributed by atoms with Gasteiger partial charge in [-0.3, -0.25) is 4.79 Å². The van der Waals surface area contributed by atoms with E-state index in [-0.39, 0.29) is 31.9 Å². The van der Waals surface area contributed by atoms with Gasteiger partial charge in [-0.2, -0.15) is 4.31 Å². The molecule has 7 nitrogen and oxygen atoms in total. The number of carbonyl (C=O) groups is 2. The third-order valence-electron chi connectivity index (χ3n) is 2.47. The van der Waals surface area contributed by atoms with Crippen LogP contribution in [0, 0.1) is 0 Å². The summed E-state index contributed by atoms with van der Waals surface area (Å²) in [4.78, 5) is 22.6. The topological polar surface area (TPSA) is 95.0 Å². The van der Waals surface area contributed by atoms with Crippen LogP contribution in [0.5, 0.6) is 0 Å². The Morgan fingerprint density at radius 2 is 1.69 bits per heavy atom. The molecule has 0 saturated carbocycles. The van der Waals surface area contributed by atoms with Crippen LogP contribution in [-0.2, 0) is 19.6 Å². The third kappa shape index (κ3) is 2.70. The van der Waals surface area contributed by atoms with Crippen molar-refractivity contribution in [3.63, 3.8) is 0 Å². The van der Waals surface area contributed by atoms with Crippen LogP contribution in [0.3, 0.4) is 0 Å². The number of nitrogens with zero attached hydrogens (tertiary/aromatic N) is 2. The fourth-order valence-corrected chi connectivity index (χ4v) is 2.57. The number of amides is 1. The summed E-state index contributed by atoms with van der Waals surface area (Å²) in [6.45, 7) is 2.13. The van der Waals surface area contributed by atoms with Crippen LogP contribution < -0.4 is 0 Å². The van der Waals surface area contributed by atoms with Crippen molar-refractivity contribution in [2.24, 2.45) is 0 Å². The highest BCUT2D eigenvalue weighted by Crippen LogP contribution is 2.07. The number of piperazine rings is 1. The summed E-state index contributed by atoms with van der Waals surface area (Å²) in [5.41, 5.74) is 0. The summed E-state index contributed by atoms with van der Waals surface area (Å²) in [6.07, 6.45) is 0. The number of hydrogen-bond donors (Lipinski definition) is 1. The third-order valence-corrected chi connectivity index (χ3v) is 4.35. The van der Waals surface area contributed by atoms with Crippen molar-refractivity contribution >= 4 is 21.9 Å². The number of carbonyl (C=O) groups excluding carboxylic acids is 1. The summed E-state index contributed by atoms with van der Waals surface area (Å²) >= 11 is 0.